The average Bonchev–Trinajstić information content (AvgIpc) is 3.05. The van der Waals surface area contributed by atoms with Crippen LogP contribution in [0, 0.1) is 0 Å². The van der Waals surface area contributed by atoms with Gasteiger partial charge in [-0.25, -0.2) is 4.79 Å². The monoisotopic (exact) mass is 447 g/mol. The number of rotatable bonds is 6. The first-order chi connectivity index (χ1) is 12.5. The first kappa shape index (κ1) is 18.7. The molecule has 7 heteroatoms. The van der Waals surface area contributed by atoms with Gasteiger partial charge in [0.15, 0.2) is 0 Å². The molecule has 0 atom stereocenters. The minimum atomic E-state index is -1.06. The summed E-state index contributed by atoms with van der Waals surface area (Å²) in [4.78, 5) is 25.6. The second-order valence-electron chi connectivity index (χ2n) is 5.32. The Morgan fingerprint density at radius 3 is 2.42 bits per heavy atom. The molecule has 26 heavy (non-hydrogen) atoms. The SMILES string of the molecule is O=C(CSc1ccccc1)Nc1csc(-c2ccc(Br)cc2)c1C(=O)O. The van der Waals surface area contributed by atoms with Crippen molar-refractivity contribution in [2.75, 3.05) is 11.1 Å². The van der Waals surface area contributed by atoms with Gasteiger partial charge in [0, 0.05) is 14.7 Å². The third-order valence-corrected chi connectivity index (χ3v) is 6.07. The van der Waals surface area contributed by atoms with Crippen molar-refractivity contribution < 1.29 is 14.7 Å². The number of anilines is 1. The average molecular weight is 448 g/mol. The zero-order valence-corrected chi connectivity index (χ0v) is 16.7. The van der Waals surface area contributed by atoms with Crippen molar-refractivity contribution in [3.05, 3.63) is 70.0 Å². The number of aromatic carboxylic acids is 1. The Balaban J connectivity index is 1.76. The number of amides is 1. The zero-order valence-electron chi connectivity index (χ0n) is 13.4. The summed E-state index contributed by atoms with van der Waals surface area (Å²) in [6.45, 7) is 0. The Hall–Kier alpha value is -2.09. The van der Waals surface area contributed by atoms with Crippen LogP contribution in [-0.4, -0.2) is 22.7 Å². The van der Waals surface area contributed by atoms with Crippen molar-refractivity contribution in [1.29, 1.82) is 0 Å². The maximum Gasteiger partial charge on any atom is 0.339 e. The van der Waals surface area contributed by atoms with E-state index in [2.05, 4.69) is 21.2 Å². The van der Waals surface area contributed by atoms with Gasteiger partial charge >= 0.3 is 5.97 Å². The summed E-state index contributed by atoms with van der Waals surface area (Å²) < 4.78 is 0.918. The van der Waals surface area contributed by atoms with Gasteiger partial charge in [0.2, 0.25) is 5.91 Å². The third kappa shape index (κ3) is 4.55. The molecule has 0 bridgehead atoms. The lowest BCUT2D eigenvalue weighted by atomic mass is 10.1. The van der Waals surface area contributed by atoms with E-state index in [4.69, 9.17) is 0 Å². The van der Waals surface area contributed by atoms with Gasteiger partial charge in [0.05, 0.1) is 16.3 Å². The molecule has 0 fully saturated rings. The molecule has 0 aliphatic heterocycles. The number of hydrogen-bond acceptors (Lipinski definition) is 4. The number of thioether (sulfide) groups is 1. The lowest BCUT2D eigenvalue weighted by molar-refractivity contribution is -0.113. The van der Waals surface area contributed by atoms with Crippen LogP contribution in [0.15, 0.2) is 69.3 Å². The highest BCUT2D eigenvalue weighted by Gasteiger charge is 2.21. The van der Waals surface area contributed by atoms with Crippen LogP contribution in [0.1, 0.15) is 10.4 Å². The zero-order chi connectivity index (χ0) is 18.5. The number of thiophene rings is 1. The number of carbonyl (C=O) groups is 2. The van der Waals surface area contributed by atoms with E-state index in [-0.39, 0.29) is 17.2 Å². The number of carbonyl (C=O) groups excluding carboxylic acids is 1. The number of benzene rings is 2. The molecular weight excluding hydrogens is 434 g/mol. The Kier molecular flexibility index (Phi) is 6.13. The topological polar surface area (TPSA) is 66.4 Å². The second-order valence-corrected chi connectivity index (χ2v) is 8.16. The Labute approximate surface area is 167 Å². The Morgan fingerprint density at radius 2 is 1.77 bits per heavy atom. The summed E-state index contributed by atoms with van der Waals surface area (Å²) in [5, 5.41) is 14.0. The number of carboxylic acid groups (broad SMARTS) is 1. The van der Waals surface area contributed by atoms with E-state index in [1.807, 2.05) is 54.6 Å². The van der Waals surface area contributed by atoms with Gasteiger partial charge in [-0.1, -0.05) is 46.3 Å². The first-order valence-electron chi connectivity index (χ1n) is 7.63. The fraction of sp³-hybridized carbons (Fsp3) is 0.0526. The summed E-state index contributed by atoms with van der Waals surface area (Å²) >= 11 is 6.08. The third-order valence-electron chi connectivity index (χ3n) is 3.50. The fourth-order valence-corrected chi connectivity index (χ4v) is 4.31. The van der Waals surface area contributed by atoms with Gasteiger partial charge in [0.1, 0.15) is 5.56 Å². The minimum absolute atomic E-state index is 0.121. The molecular formula is C19H14BrNO3S2. The molecule has 0 aliphatic carbocycles. The smallest absolute Gasteiger partial charge is 0.339 e. The van der Waals surface area contributed by atoms with E-state index in [1.165, 1.54) is 23.1 Å². The van der Waals surface area contributed by atoms with Crippen molar-refractivity contribution in [3.8, 4) is 10.4 Å². The standard InChI is InChI=1S/C19H14BrNO3S2/c20-13-8-6-12(7-9-13)18-17(19(23)24)15(10-26-18)21-16(22)11-25-14-4-2-1-3-5-14/h1-10H,11H2,(H,21,22)(H,23,24). The van der Waals surface area contributed by atoms with E-state index < -0.39 is 5.97 Å². The molecule has 132 valence electrons. The van der Waals surface area contributed by atoms with E-state index in [9.17, 15) is 14.7 Å². The van der Waals surface area contributed by atoms with Crippen LogP contribution in [0.4, 0.5) is 5.69 Å². The molecule has 0 aliphatic rings. The van der Waals surface area contributed by atoms with Crippen LogP contribution in [0.25, 0.3) is 10.4 Å². The summed E-state index contributed by atoms with van der Waals surface area (Å²) in [6, 6.07) is 17.0. The van der Waals surface area contributed by atoms with Crippen molar-refractivity contribution in [2.45, 2.75) is 4.90 Å². The number of hydrogen-bond donors (Lipinski definition) is 2. The molecule has 1 aromatic heterocycles. The summed E-state index contributed by atoms with van der Waals surface area (Å²) in [7, 11) is 0. The van der Waals surface area contributed by atoms with Crippen LogP contribution >= 0.6 is 39.0 Å². The van der Waals surface area contributed by atoms with Crippen LogP contribution in [0.2, 0.25) is 0 Å². The molecule has 0 radical (unpaired) electrons. The number of nitrogens with one attached hydrogen (secondary N) is 1. The van der Waals surface area contributed by atoms with Gasteiger partial charge < -0.3 is 10.4 Å². The fourth-order valence-electron chi connectivity index (χ4n) is 2.33. The minimum Gasteiger partial charge on any atom is -0.478 e. The highest BCUT2D eigenvalue weighted by atomic mass is 79.9. The highest BCUT2D eigenvalue weighted by Crippen LogP contribution is 2.36. The molecule has 2 N–H and O–H groups in total. The molecule has 4 nitrogen and oxygen atoms in total. The number of halogens is 1. The van der Waals surface area contributed by atoms with Crippen molar-refractivity contribution in [3.63, 3.8) is 0 Å². The lowest BCUT2D eigenvalue weighted by Gasteiger charge is -2.06. The van der Waals surface area contributed by atoms with Gasteiger partial charge in [0.25, 0.3) is 0 Å². The van der Waals surface area contributed by atoms with Crippen LogP contribution < -0.4 is 5.32 Å². The summed E-state index contributed by atoms with van der Waals surface area (Å²) in [5.41, 5.74) is 1.25. The maximum atomic E-state index is 12.2. The van der Waals surface area contributed by atoms with Crippen LogP contribution in [0.3, 0.4) is 0 Å². The van der Waals surface area contributed by atoms with Gasteiger partial charge in [-0.2, -0.15) is 0 Å². The van der Waals surface area contributed by atoms with Gasteiger partial charge in [-0.05, 0) is 29.8 Å². The molecule has 0 spiro atoms. The molecule has 2 aromatic carbocycles. The van der Waals surface area contributed by atoms with E-state index >= 15 is 0 Å². The van der Waals surface area contributed by atoms with E-state index in [0.717, 1.165) is 14.9 Å². The summed E-state index contributed by atoms with van der Waals surface area (Å²) in [5.74, 6) is -1.08. The normalized spacial score (nSPS) is 10.5. The molecule has 3 aromatic rings. The molecule has 1 amide bonds. The largest absolute Gasteiger partial charge is 0.478 e. The van der Waals surface area contributed by atoms with Crippen molar-refractivity contribution in [1.82, 2.24) is 0 Å². The second kappa shape index (κ2) is 8.53. The van der Waals surface area contributed by atoms with Gasteiger partial charge in [-0.15, -0.1) is 23.1 Å². The first-order valence-corrected chi connectivity index (χ1v) is 10.3. The van der Waals surface area contributed by atoms with Crippen LogP contribution in [0.5, 0.6) is 0 Å². The summed E-state index contributed by atoms with van der Waals surface area (Å²) in [6.07, 6.45) is 0. The predicted octanol–water partition coefficient (Wildman–Crippen LogP) is 5.61. The van der Waals surface area contributed by atoms with Crippen molar-refractivity contribution in [2.24, 2.45) is 0 Å². The maximum absolute atomic E-state index is 12.2. The Morgan fingerprint density at radius 1 is 1.08 bits per heavy atom. The molecule has 3 rings (SSSR count). The van der Waals surface area contributed by atoms with Crippen LogP contribution in [-0.2, 0) is 4.79 Å². The molecule has 1 heterocycles. The quantitative estimate of drug-likeness (QED) is 0.482. The Bertz CT molecular complexity index is 924. The van der Waals surface area contributed by atoms with Crippen molar-refractivity contribution >= 4 is 56.6 Å². The predicted molar refractivity (Wildman–Crippen MR) is 110 cm³/mol. The van der Waals surface area contributed by atoms with E-state index in [1.54, 1.807) is 5.38 Å². The molecule has 0 unspecified atom stereocenters. The molecule has 0 saturated carbocycles. The molecule has 0 saturated heterocycles. The highest BCUT2D eigenvalue weighted by molar-refractivity contribution is 9.10. The lowest BCUT2D eigenvalue weighted by Crippen LogP contribution is -2.15. The number of carboxylic acids is 1. The van der Waals surface area contributed by atoms with Gasteiger partial charge in [-0.3, -0.25) is 4.79 Å². The van der Waals surface area contributed by atoms with E-state index in [0.29, 0.717) is 10.6 Å².